The Hall–Kier alpha value is -1.10. The highest BCUT2D eigenvalue weighted by Crippen LogP contribution is 2.19. The molecule has 76 valence electrons. The molecule has 0 aromatic heterocycles. The Bertz CT molecular complexity index is 357. The van der Waals surface area contributed by atoms with Crippen LogP contribution in [0.2, 0.25) is 0 Å². The molecule has 0 aliphatic carbocycles. The predicted molar refractivity (Wildman–Crippen MR) is 56.4 cm³/mol. The van der Waals surface area contributed by atoms with Gasteiger partial charge in [0.05, 0.1) is 5.69 Å². The lowest BCUT2D eigenvalue weighted by molar-refractivity contribution is -0.118. The molecule has 14 heavy (non-hydrogen) atoms. The summed E-state index contributed by atoms with van der Waals surface area (Å²) in [5.41, 5.74) is 5.29. The van der Waals surface area contributed by atoms with E-state index in [1.165, 1.54) is 6.07 Å². The molecule has 0 spiro atoms. The Balaban J connectivity index is 2.82. The van der Waals surface area contributed by atoms with E-state index in [2.05, 4.69) is 21.2 Å². The molecule has 0 aliphatic rings. The summed E-state index contributed by atoms with van der Waals surface area (Å²) in [6.45, 7) is 1.57. The van der Waals surface area contributed by atoms with Gasteiger partial charge in [-0.15, -0.1) is 0 Å². The number of hydrogen-bond donors (Lipinski definition) is 2. The van der Waals surface area contributed by atoms with Gasteiger partial charge < -0.3 is 11.1 Å². The molecule has 1 amide bonds. The van der Waals surface area contributed by atoms with E-state index < -0.39 is 17.8 Å². The predicted octanol–water partition coefficient (Wildman–Crippen LogP) is 1.87. The van der Waals surface area contributed by atoms with Crippen LogP contribution in [0.15, 0.2) is 22.7 Å². The van der Waals surface area contributed by atoms with Gasteiger partial charge in [0.2, 0.25) is 5.91 Å². The van der Waals surface area contributed by atoms with Crippen LogP contribution < -0.4 is 11.1 Å². The van der Waals surface area contributed by atoms with Gasteiger partial charge in [-0.25, -0.2) is 4.39 Å². The number of halogens is 2. The first-order valence-electron chi connectivity index (χ1n) is 4.01. The maximum atomic E-state index is 13.2. The van der Waals surface area contributed by atoms with Crippen LogP contribution in [0, 0.1) is 5.82 Å². The molecule has 0 saturated carbocycles. The molecule has 0 aliphatic heterocycles. The fraction of sp³-hybridized carbons (Fsp3) is 0.222. The zero-order valence-electron chi connectivity index (χ0n) is 7.55. The number of amides is 1. The molecule has 0 fully saturated rings. The Morgan fingerprint density at radius 2 is 2.29 bits per heavy atom. The topological polar surface area (TPSA) is 55.1 Å². The van der Waals surface area contributed by atoms with Crippen molar-refractivity contribution in [2.75, 3.05) is 5.32 Å². The van der Waals surface area contributed by atoms with Gasteiger partial charge in [0.25, 0.3) is 0 Å². The summed E-state index contributed by atoms with van der Waals surface area (Å²) in [6, 6.07) is 3.94. The molecule has 1 aromatic carbocycles. The smallest absolute Gasteiger partial charge is 0.239 e. The van der Waals surface area contributed by atoms with Gasteiger partial charge in [0.1, 0.15) is 11.9 Å². The molecule has 3 N–H and O–H groups in total. The lowest BCUT2D eigenvalue weighted by atomic mass is 10.2. The van der Waals surface area contributed by atoms with Crippen molar-refractivity contribution in [3.05, 3.63) is 28.5 Å². The van der Waals surface area contributed by atoms with E-state index in [-0.39, 0.29) is 5.69 Å². The maximum Gasteiger partial charge on any atom is 0.239 e. The standard InChI is InChI=1S/C9H10BrFN2O/c1-5(9(12)14)13-8-3-2-6(10)4-7(8)11/h2-5,13H,1H3,(H2,12,14). The SMILES string of the molecule is CC(Nc1ccc(Br)cc1F)C(N)=O. The second-order valence-corrected chi connectivity index (χ2v) is 3.81. The summed E-state index contributed by atoms with van der Waals surface area (Å²) < 4.78 is 13.9. The third-order valence-corrected chi connectivity index (χ3v) is 2.22. The number of benzene rings is 1. The number of anilines is 1. The number of nitrogens with one attached hydrogen (secondary N) is 1. The second-order valence-electron chi connectivity index (χ2n) is 2.89. The van der Waals surface area contributed by atoms with E-state index in [0.29, 0.717) is 4.47 Å². The van der Waals surface area contributed by atoms with Crippen molar-refractivity contribution in [1.82, 2.24) is 0 Å². The third kappa shape index (κ3) is 2.70. The summed E-state index contributed by atoms with van der Waals surface area (Å²) in [6.07, 6.45) is 0. The molecule has 0 bridgehead atoms. The van der Waals surface area contributed by atoms with Crippen molar-refractivity contribution in [3.8, 4) is 0 Å². The molecule has 3 nitrogen and oxygen atoms in total. The summed E-state index contributed by atoms with van der Waals surface area (Å²) in [5.74, 6) is -0.945. The minimum Gasteiger partial charge on any atom is -0.372 e. The summed E-state index contributed by atoms with van der Waals surface area (Å²) in [7, 11) is 0. The van der Waals surface area contributed by atoms with Crippen LogP contribution >= 0.6 is 15.9 Å². The number of primary amides is 1. The molecule has 1 aromatic rings. The van der Waals surface area contributed by atoms with Gasteiger partial charge in [-0.05, 0) is 25.1 Å². The number of carbonyl (C=O) groups excluding carboxylic acids is 1. The number of carbonyl (C=O) groups is 1. The highest BCUT2D eigenvalue weighted by atomic mass is 79.9. The zero-order chi connectivity index (χ0) is 10.7. The van der Waals surface area contributed by atoms with E-state index in [9.17, 15) is 9.18 Å². The fourth-order valence-corrected chi connectivity index (χ4v) is 1.24. The summed E-state index contributed by atoms with van der Waals surface area (Å²) >= 11 is 3.13. The molecule has 0 radical (unpaired) electrons. The normalized spacial score (nSPS) is 12.2. The Labute approximate surface area is 89.6 Å². The Morgan fingerprint density at radius 1 is 1.64 bits per heavy atom. The zero-order valence-corrected chi connectivity index (χ0v) is 9.14. The lowest BCUT2D eigenvalue weighted by Crippen LogP contribution is -2.32. The third-order valence-electron chi connectivity index (χ3n) is 1.73. The van der Waals surface area contributed by atoms with Gasteiger partial charge in [-0.2, -0.15) is 0 Å². The Morgan fingerprint density at radius 3 is 2.79 bits per heavy atom. The highest BCUT2D eigenvalue weighted by molar-refractivity contribution is 9.10. The second kappa shape index (κ2) is 4.41. The molecule has 5 heteroatoms. The number of rotatable bonds is 3. The minimum absolute atomic E-state index is 0.263. The van der Waals surface area contributed by atoms with Crippen molar-refractivity contribution < 1.29 is 9.18 Å². The van der Waals surface area contributed by atoms with Crippen molar-refractivity contribution in [1.29, 1.82) is 0 Å². The van der Waals surface area contributed by atoms with Crippen LogP contribution in [0.1, 0.15) is 6.92 Å². The number of hydrogen-bond acceptors (Lipinski definition) is 2. The van der Waals surface area contributed by atoms with Crippen LogP contribution in [-0.2, 0) is 4.79 Å². The summed E-state index contributed by atoms with van der Waals surface area (Å²) in [4.78, 5) is 10.7. The average molecular weight is 261 g/mol. The van der Waals surface area contributed by atoms with E-state index in [0.717, 1.165) is 0 Å². The first-order chi connectivity index (χ1) is 6.50. The molecule has 1 unspecified atom stereocenters. The lowest BCUT2D eigenvalue weighted by Gasteiger charge is -2.12. The highest BCUT2D eigenvalue weighted by Gasteiger charge is 2.10. The maximum absolute atomic E-state index is 13.2. The van der Waals surface area contributed by atoms with Gasteiger partial charge in [-0.1, -0.05) is 15.9 Å². The molecular weight excluding hydrogens is 251 g/mol. The molecule has 1 rings (SSSR count). The van der Waals surface area contributed by atoms with E-state index in [1.807, 2.05) is 0 Å². The van der Waals surface area contributed by atoms with Gasteiger partial charge in [-0.3, -0.25) is 4.79 Å². The van der Waals surface area contributed by atoms with E-state index in [4.69, 9.17) is 5.73 Å². The average Bonchev–Trinajstić information content (AvgIpc) is 2.09. The Kier molecular flexibility index (Phi) is 3.46. The van der Waals surface area contributed by atoms with Crippen LogP contribution in [0.5, 0.6) is 0 Å². The molecule has 0 heterocycles. The largest absolute Gasteiger partial charge is 0.372 e. The van der Waals surface area contributed by atoms with Crippen LogP contribution in [-0.4, -0.2) is 11.9 Å². The molecule has 1 atom stereocenters. The van der Waals surface area contributed by atoms with E-state index >= 15 is 0 Å². The monoisotopic (exact) mass is 260 g/mol. The first kappa shape index (κ1) is 11.0. The first-order valence-corrected chi connectivity index (χ1v) is 4.81. The quantitative estimate of drug-likeness (QED) is 0.872. The van der Waals surface area contributed by atoms with Crippen molar-refractivity contribution >= 4 is 27.5 Å². The molecule has 0 saturated heterocycles. The van der Waals surface area contributed by atoms with Crippen LogP contribution in [0.25, 0.3) is 0 Å². The summed E-state index contributed by atoms with van der Waals surface area (Å²) in [5, 5.41) is 2.67. The van der Waals surface area contributed by atoms with Gasteiger partial charge in [0.15, 0.2) is 0 Å². The van der Waals surface area contributed by atoms with Gasteiger partial charge in [0, 0.05) is 4.47 Å². The minimum atomic E-state index is -0.592. The van der Waals surface area contributed by atoms with Crippen molar-refractivity contribution in [2.45, 2.75) is 13.0 Å². The van der Waals surface area contributed by atoms with Crippen molar-refractivity contribution in [2.24, 2.45) is 5.73 Å². The van der Waals surface area contributed by atoms with Crippen LogP contribution in [0.4, 0.5) is 10.1 Å². The van der Waals surface area contributed by atoms with Gasteiger partial charge >= 0.3 is 0 Å². The molecular formula is C9H10BrFN2O. The van der Waals surface area contributed by atoms with Crippen molar-refractivity contribution in [3.63, 3.8) is 0 Å². The van der Waals surface area contributed by atoms with Crippen LogP contribution in [0.3, 0.4) is 0 Å². The fourth-order valence-electron chi connectivity index (χ4n) is 0.911. The van der Waals surface area contributed by atoms with E-state index in [1.54, 1.807) is 19.1 Å². The number of nitrogens with two attached hydrogens (primary N) is 1.